The maximum Gasteiger partial charge on any atom is 0.271 e. The van der Waals surface area contributed by atoms with Crippen molar-refractivity contribution < 1.29 is 33.1 Å². The van der Waals surface area contributed by atoms with Crippen molar-refractivity contribution in [1.29, 1.82) is 0 Å². The molecule has 15 heteroatoms. The van der Waals surface area contributed by atoms with Crippen molar-refractivity contribution in [3.8, 4) is 5.75 Å². The molecule has 51 heavy (non-hydrogen) atoms. The van der Waals surface area contributed by atoms with Gasteiger partial charge in [-0.05, 0) is 49.9 Å². The van der Waals surface area contributed by atoms with Gasteiger partial charge in [0.15, 0.2) is 0 Å². The molecule has 2 heterocycles. The number of halogens is 1. The Bertz CT molecular complexity index is 1700. The third kappa shape index (κ3) is 10.8. The number of amides is 5. The van der Waals surface area contributed by atoms with Crippen LogP contribution in [0.2, 0.25) is 0 Å². The van der Waals surface area contributed by atoms with Crippen molar-refractivity contribution in [3.63, 3.8) is 0 Å². The Hall–Kier alpha value is -4.89. The second kappa shape index (κ2) is 17.9. The molecule has 0 aliphatic carbocycles. The zero-order valence-corrected chi connectivity index (χ0v) is 30.5. The van der Waals surface area contributed by atoms with Crippen LogP contribution in [-0.2, 0) is 32.1 Å². The first-order chi connectivity index (χ1) is 24.2. The summed E-state index contributed by atoms with van der Waals surface area (Å²) in [5.74, 6) is -2.89. The molecule has 3 aromatic rings. The molecule has 0 fully saturated rings. The number of aromatic nitrogens is 1. The van der Waals surface area contributed by atoms with Gasteiger partial charge in [-0.15, -0.1) is 11.3 Å². The fourth-order valence-electron chi connectivity index (χ4n) is 5.55. The lowest BCUT2D eigenvalue weighted by Gasteiger charge is -2.29. The molecule has 1 aromatic heterocycles. The molecule has 4 rings (SSSR count). The van der Waals surface area contributed by atoms with Crippen LogP contribution >= 0.6 is 11.3 Å². The summed E-state index contributed by atoms with van der Waals surface area (Å²) in [5.41, 5.74) is 1.29. The zero-order chi connectivity index (χ0) is 37.2. The minimum Gasteiger partial charge on any atom is -0.497 e. The Kier molecular flexibility index (Phi) is 13.6. The molecule has 274 valence electrons. The lowest BCUT2D eigenvalue weighted by molar-refractivity contribution is -0.136. The van der Waals surface area contributed by atoms with Gasteiger partial charge in [0.1, 0.15) is 40.4 Å². The van der Waals surface area contributed by atoms with E-state index in [1.165, 1.54) is 42.4 Å². The SMILES string of the molecule is COc1ccc(F)c(CN2CCN(C)C(=O)[C@@H](C)NC(=O)[C@H](C(C)C)NC(=O)[C@H](C)NC(=O)c3csc(n3)[C@H](Cc3ccccc3)NC(=O)C2)c1. The second-order valence-electron chi connectivity index (χ2n) is 13.0. The number of rotatable bonds is 6. The van der Waals surface area contributed by atoms with Crippen LogP contribution in [0.25, 0.3) is 0 Å². The van der Waals surface area contributed by atoms with E-state index in [0.29, 0.717) is 22.7 Å². The molecule has 0 saturated heterocycles. The Morgan fingerprint density at radius 3 is 2.35 bits per heavy atom. The summed E-state index contributed by atoms with van der Waals surface area (Å²) in [6.45, 7) is 6.75. The van der Waals surface area contributed by atoms with E-state index in [-0.39, 0.29) is 43.7 Å². The van der Waals surface area contributed by atoms with Crippen molar-refractivity contribution in [2.75, 3.05) is 33.8 Å². The predicted molar refractivity (Wildman–Crippen MR) is 190 cm³/mol. The van der Waals surface area contributed by atoms with E-state index in [1.807, 2.05) is 30.3 Å². The van der Waals surface area contributed by atoms with E-state index in [0.717, 1.165) is 5.56 Å². The Morgan fingerprint density at radius 2 is 1.67 bits per heavy atom. The largest absolute Gasteiger partial charge is 0.497 e. The molecule has 1 aliphatic heterocycles. The van der Waals surface area contributed by atoms with E-state index >= 15 is 0 Å². The molecule has 0 unspecified atom stereocenters. The van der Waals surface area contributed by atoms with Gasteiger partial charge in [-0.25, -0.2) is 9.37 Å². The van der Waals surface area contributed by atoms with Crippen LogP contribution in [0.1, 0.15) is 60.4 Å². The third-order valence-corrected chi connectivity index (χ3v) is 9.49. The highest BCUT2D eigenvalue weighted by atomic mass is 32.1. The Morgan fingerprint density at radius 1 is 0.941 bits per heavy atom. The molecule has 13 nitrogen and oxygen atoms in total. The number of nitrogens with one attached hydrogen (secondary N) is 4. The summed E-state index contributed by atoms with van der Waals surface area (Å²) in [6, 6.07) is 10.3. The normalized spacial score (nSPS) is 22.0. The number of carbonyl (C=O) groups excluding carboxylic acids is 5. The number of carbonyl (C=O) groups is 5. The average molecular weight is 724 g/mol. The second-order valence-corrected chi connectivity index (χ2v) is 13.9. The molecular formula is C36H46FN7O6S. The van der Waals surface area contributed by atoms with Gasteiger partial charge in [-0.1, -0.05) is 44.2 Å². The number of hydrogen-bond acceptors (Lipinski definition) is 9. The molecule has 0 saturated carbocycles. The summed E-state index contributed by atoms with van der Waals surface area (Å²) < 4.78 is 20.3. The number of nitrogens with zero attached hydrogens (tertiary/aromatic N) is 3. The van der Waals surface area contributed by atoms with Crippen molar-refractivity contribution in [2.45, 2.75) is 64.8 Å². The molecule has 4 atom stereocenters. The van der Waals surface area contributed by atoms with Crippen LogP contribution in [0.5, 0.6) is 5.75 Å². The lowest BCUT2D eigenvalue weighted by atomic mass is 10.0. The van der Waals surface area contributed by atoms with E-state index < -0.39 is 53.6 Å². The lowest BCUT2D eigenvalue weighted by Crippen LogP contribution is -2.57. The van der Waals surface area contributed by atoms with Gasteiger partial charge in [0.2, 0.25) is 23.6 Å². The van der Waals surface area contributed by atoms with Gasteiger partial charge in [-0.3, -0.25) is 28.9 Å². The topological polar surface area (TPSA) is 162 Å². The molecule has 2 bridgehead atoms. The first kappa shape index (κ1) is 38.9. The van der Waals surface area contributed by atoms with Crippen molar-refractivity contribution in [1.82, 2.24) is 36.1 Å². The summed E-state index contributed by atoms with van der Waals surface area (Å²) in [5, 5.41) is 13.1. The minimum absolute atomic E-state index is 0.0314. The number of thiazole rings is 1. The number of likely N-dealkylation sites (N-methyl/N-ethyl adjacent to an activating group) is 1. The van der Waals surface area contributed by atoms with Gasteiger partial charge in [-0.2, -0.15) is 0 Å². The van der Waals surface area contributed by atoms with E-state index in [9.17, 15) is 28.4 Å². The molecule has 0 radical (unpaired) electrons. The summed E-state index contributed by atoms with van der Waals surface area (Å²) in [7, 11) is 3.05. The van der Waals surface area contributed by atoms with Gasteiger partial charge < -0.3 is 30.9 Å². The Balaban J connectivity index is 1.68. The summed E-state index contributed by atoms with van der Waals surface area (Å²) >= 11 is 1.19. The van der Waals surface area contributed by atoms with E-state index in [1.54, 1.807) is 44.2 Å². The molecule has 2 aromatic carbocycles. The highest BCUT2D eigenvalue weighted by molar-refractivity contribution is 7.09. The fraction of sp³-hybridized carbons (Fsp3) is 0.444. The van der Waals surface area contributed by atoms with E-state index in [4.69, 9.17) is 4.74 Å². The number of fused-ring (bicyclic) bond motifs is 2. The van der Waals surface area contributed by atoms with Crippen LogP contribution in [0, 0.1) is 11.7 Å². The highest BCUT2D eigenvalue weighted by Gasteiger charge is 2.31. The van der Waals surface area contributed by atoms with Crippen molar-refractivity contribution in [3.05, 3.63) is 81.6 Å². The molecule has 1 aliphatic rings. The molecule has 0 spiro atoms. The maximum atomic E-state index is 15.0. The number of hydrogen-bond donors (Lipinski definition) is 4. The predicted octanol–water partition coefficient (Wildman–Crippen LogP) is 2.43. The van der Waals surface area contributed by atoms with Crippen LogP contribution in [0.15, 0.2) is 53.9 Å². The van der Waals surface area contributed by atoms with Crippen molar-refractivity contribution >= 4 is 40.9 Å². The zero-order valence-electron chi connectivity index (χ0n) is 29.7. The maximum absolute atomic E-state index is 15.0. The number of ether oxygens (including phenoxy) is 1. The molecule has 4 N–H and O–H groups in total. The van der Waals surface area contributed by atoms with E-state index in [2.05, 4.69) is 26.3 Å². The first-order valence-electron chi connectivity index (χ1n) is 16.8. The van der Waals surface area contributed by atoms with Crippen LogP contribution in [-0.4, -0.2) is 96.2 Å². The van der Waals surface area contributed by atoms with Crippen LogP contribution in [0.4, 0.5) is 4.39 Å². The van der Waals surface area contributed by atoms with Gasteiger partial charge in [0.25, 0.3) is 5.91 Å². The average Bonchev–Trinajstić information content (AvgIpc) is 3.60. The van der Waals surface area contributed by atoms with Crippen LogP contribution in [0.3, 0.4) is 0 Å². The summed E-state index contributed by atoms with van der Waals surface area (Å²) in [4.78, 5) is 74.4. The molecular weight excluding hydrogens is 678 g/mol. The van der Waals surface area contributed by atoms with Gasteiger partial charge in [0, 0.05) is 37.6 Å². The molecule has 5 amide bonds. The quantitative estimate of drug-likeness (QED) is 0.302. The van der Waals surface area contributed by atoms with Gasteiger partial charge >= 0.3 is 0 Å². The van der Waals surface area contributed by atoms with Gasteiger partial charge in [0.05, 0.1) is 19.7 Å². The Labute approximate surface area is 301 Å². The third-order valence-electron chi connectivity index (χ3n) is 8.53. The number of benzene rings is 2. The first-order valence-corrected chi connectivity index (χ1v) is 17.6. The summed E-state index contributed by atoms with van der Waals surface area (Å²) in [6.07, 6.45) is 0.372. The smallest absolute Gasteiger partial charge is 0.271 e. The van der Waals surface area contributed by atoms with Crippen LogP contribution < -0.4 is 26.0 Å². The fourth-order valence-corrected chi connectivity index (χ4v) is 6.40. The monoisotopic (exact) mass is 723 g/mol. The standard InChI is InChI=1S/C36H46FN7O6S/c1-21(2)31-34(48)39-23(4)36(49)43(5)14-15-44(18-25-17-26(50-6)12-13-27(25)37)19-30(45)40-28(16-24-10-8-7-9-11-24)35-41-29(20-51-35)33(47)38-22(3)32(46)42-31/h7-13,17,20-23,28,31H,14-16,18-19H2,1-6H3,(H,38,47)(H,39,48)(H,40,45)(H,42,46)/t22-,23+,28-,31-/m0/s1. The minimum atomic E-state index is -1.02. The highest BCUT2D eigenvalue weighted by Crippen LogP contribution is 2.23. The number of methoxy groups -OCH3 is 1. The van der Waals surface area contributed by atoms with Crippen molar-refractivity contribution in [2.24, 2.45) is 5.92 Å².